The highest BCUT2D eigenvalue weighted by Gasteiger charge is 2.25. The van der Waals surface area contributed by atoms with Crippen LogP contribution in [0.15, 0.2) is 0 Å². The van der Waals surface area contributed by atoms with Gasteiger partial charge in [0, 0.05) is 6.26 Å². The van der Waals surface area contributed by atoms with Crippen molar-refractivity contribution >= 4 is 15.8 Å². The molecule has 0 fully saturated rings. The zero-order chi connectivity index (χ0) is 13.5. The van der Waals surface area contributed by atoms with Gasteiger partial charge in [0.25, 0.3) is 0 Å². The zero-order valence-corrected chi connectivity index (χ0v) is 11.7. The normalized spacial score (nSPS) is 13.9. The average Bonchev–Trinajstić information content (AvgIpc) is 2.16. The van der Waals surface area contributed by atoms with Crippen LogP contribution in [0.25, 0.3) is 0 Å². The summed E-state index contributed by atoms with van der Waals surface area (Å²) in [5, 5.41) is 9.16. The van der Waals surface area contributed by atoms with E-state index in [1.807, 2.05) is 18.7 Å². The molecule has 0 aliphatic heterocycles. The summed E-state index contributed by atoms with van der Waals surface area (Å²) in [6.07, 6.45) is 3.02. The summed E-state index contributed by atoms with van der Waals surface area (Å²) in [5.41, 5.74) is 0. The van der Waals surface area contributed by atoms with Gasteiger partial charge >= 0.3 is 5.97 Å². The molecule has 0 radical (unpaired) electrons. The summed E-state index contributed by atoms with van der Waals surface area (Å²) in [5.74, 6) is -1.01. The minimum atomic E-state index is -3.11. The Kier molecular flexibility index (Phi) is 7.38. The van der Waals surface area contributed by atoms with E-state index in [-0.39, 0.29) is 12.2 Å². The molecule has 0 aliphatic rings. The summed E-state index contributed by atoms with van der Waals surface area (Å²) in [7, 11) is -3.11. The second kappa shape index (κ2) is 7.66. The SMILES string of the molecule is CCCN(CCC)C(CCS(C)(=O)=O)C(=O)O. The smallest absolute Gasteiger partial charge is 0.320 e. The molecule has 0 heterocycles. The number of hydrogen-bond donors (Lipinski definition) is 1. The quantitative estimate of drug-likeness (QED) is 0.673. The Hall–Kier alpha value is -0.620. The zero-order valence-electron chi connectivity index (χ0n) is 10.8. The molecule has 0 rings (SSSR count). The van der Waals surface area contributed by atoms with Crippen molar-refractivity contribution in [1.29, 1.82) is 0 Å². The van der Waals surface area contributed by atoms with Gasteiger partial charge in [-0.15, -0.1) is 0 Å². The second-order valence-electron chi connectivity index (χ2n) is 4.31. The third kappa shape index (κ3) is 7.33. The molecule has 0 aromatic carbocycles. The first-order valence-electron chi connectivity index (χ1n) is 5.96. The number of hydrogen-bond acceptors (Lipinski definition) is 4. The molecule has 1 atom stereocenters. The van der Waals surface area contributed by atoms with Gasteiger partial charge in [-0.3, -0.25) is 9.69 Å². The molecule has 0 bridgehead atoms. The predicted octanol–water partition coefficient (Wildman–Crippen LogP) is 0.996. The van der Waals surface area contributed by atoms with Crippen molar-refractivity contribution in [3.8, 4) is 0 Å². The number of carbonyl (C=O) groups is 1. The molecule has 0 saturated heterocycles. The van der Waals surface area contributed by atoms with Gasteiger partial charge in [-0.05, 0) is 32.4 Å². The highest BCUT2D eigenvalue weighted by atomic mass is 32.2. The van der Waals surface area contributed by atoms with Gasteiger partial charge in [0.2, 0.25) is 0 Å². The van der Waals surface area contributed by atoms with E-state index < -0.39 is 21.8 Å². The summed E-state index contributed by atoms with van der Waals surface area (Å²) in [6, 6.07) is -0.690. The van der Waals surface area contributed by atoms with Gasteiger partial charge in [-0.1, -0.05) is 13.8 Å². The van der Waals surface area contributed by atoms with Gasteiger partial charge in [-0.2, -0.15) is 0 Å². The molecule has 0 amide bonds. The molecule has 6 heteroatoms. The monoisotopic (exact) mass is 265 g/mol. The van der Waals surface area contributed by atoms with E-state index >= 15 is 0 Å². The van der Waals surface area contributed by atoms with E-state index in [4.69, 9.17) is 5.11 Å². The summed E-state index contributed by atoms with van der Waals surface area (Å²) >= 11 is 0. The van der Waals surface area contributed by atoms with E-state index in [0.717, 1.165) is 19.1 Å². The van der Waals surface area contributed by atoms with Crippen molar-refractivity contribution in [2.45, 2.75) is 39.2 Å². The maximum Gasteiger partial charge on any atom is 0.320 e. The summed E-state index contributed by atoms with van der Waals surface area (Å²) < 4.78 is 22.2. The van der Waals surface area contributed by atoms with Crippen molar-refractivity contribution in [3.05, 3.63) is 0 Å². The second-order valence-corrected chi connectivity index (χ2v) is 6.57. The maximum atomic E-state index is 11.2. The van der Waals surface area contributed by atoms with Crippen molar-refractivity contribution in [2.75, 3.05) is 25.1 Å². The number of sulfone groups is 1. The fraction of sp³-hybridized carbons (Fsp3) is 0.909. The highest BCUT2D eigenvalue weighted by Crippen LogP contribution is 2.08. The number of carboxylic acid groups (broad SMARTS) is 1. The number of carboxylic acids is 1. The Balaban J connectivity index is 4.61. The molecule has 0 spiro atoms. The third-order valence-electron chi connectivity index (χ3n) is 2.51. The molecule has 17 heavy (non-hydrogen) atoms. The molecule has 0 aromatic rings. The Labute approximate surface area is 104 Å². The van der Waals surface area contributed by atoms with Crippen LogP contribution in [0.4, 0.5) is 0 Å². The lowest BCUT2D eigenvalue weighted by Crippen LogP contribution is -2.43. The molecule has 0 aromatic heterocycles. The van der Waals surface area contributed by atoms with Crippen LogP contribution in [0.5, 0.6) is 0 Å². The van der Waals surface area contributed by atoms with E-state index in [1.54, 1.807) is 0 Å². The van der Waals surface area contributed by atoms with Crippen molar-refractivity contribution < 1.29 is 18.3 Å². The van der Waals surface area contributed by atoms with Crippen LogP contribution in [0.2, 0.25) is 0 Å². The fourth-order valence-corrected chi connectivity index (χ4v) is 2.44. The van der Waals surface area contributed by atoms with Crippen LogP contribution < -0.4 is 0 Å². The van der Waals surface area contributed by atoms with E-state index in [1.165, 1.54) is 0 Å². The van der Waals surface area contributed by atoms with E-state index in [9.17, 15) is 13.2 Å². The largest absolute Gasteiger partial charge is 0.480 e. The lowest BCUT2D eigenvalue weighted by atomic mass is 10.1. The number of rotatable bonds is 9. The molecular weight excluding hydrogens is 242 g/mol. The van der Waals surface area contributed by atoms with E-state index in [2.05, 4.69) is 0 Å². The van der Waals surface area contributed by atoms with Gasteiger partial charge < -0.3 is 5.11 Å². The lowest BCUT2D eigenvalue weighted by Gasteiger charge is -2.27. The first-order chi connectivity index (χ1) is 7.81. The first kappa shape index (κ1) is 16.4. The minimum Gasteiger partial charge on any atom is -0.480 e. The van der Waals surface area contributed by atoms with Crippen molar-refractivity contribution in [3.63, 3.8) is 0 Å². The van der Waals surface area contributed by atoms with Crippen molar-refractivity contribution in [2.24, 2.45) is 0 Å². The lowest BCUT2D eigenvalue weighted by molar-refractivity contribution is -0.143. The van der Waals surface area contributed by atoms with Gasteiger partial charge in [0.15, 0.2) is 0 Å². The van der Waals surface area contributed by atoms with Crippen LogP contribution in [0, 0.1) is 0 Å². The molecule has 1 N–H and O–H groups in total. The first-order valence-corrected chi connectivity index (χ1v) is 8.02. The highest BCUT2D eigenvalue weighted by molar-refractivity contribution is 7.90. The fourth-order valence-electron chi connectivity index (χ4n) is 1.79. The number of nitrogens with zero attached hydrogens (tertiary/aromatic N) is 1. The Bertz CT molecular complexity index is 320. The molecular formula is C11H23NO4S. The van der Waals surface area contributed by atoms with Crippen LogP contribution >= 0.6 is 0 Å². The topological polar surface area (TPSA) is 74.7 Å². The molecule has 1 unspecified atom stereocenters. The van der Waals surface area contributed by atoms with Crippen LogP contribution in [0.1, 0.15) is 33.1 Å². The van der Waals surface area contributed by atoms with Gasteiger partial charge in [-0.25, -0.2) is 8.42 Å². The number of aliphatic carboxylic acids is 1. The Morgan fingerprint density at radius 1 is 1.24 bits per heavy atom. The van der Waals surface area contributed by atoms with Crippen LogP contribution in [0.3, 0.4) is 0 Å². The van der Waals surface area contributed by atoms with E-state index in [0.29, 0.717) is 13.1 Å². The Morgan fingerprint density at radius 3 is 2.00 bits per heavy atom. The minimum absolute atomic E-state index is 0.0755. The summed E-state index contributed by atoms with van der Waals surface area (Å²) in [4.78, 5) is 13.0. The molecule has 0 aliphatic carbocycles. The predicted molar refractivity (Wildman–Crippen MR) is 67.9 cm³/mol. The molecule has 102 valence electrons. The third-order valence-corrected chi connectivity index (χ3v) is 3.49. The van der Waals surface area contributed by atoms with Crippen molar-refractivity contribution in [1.82, 2.24) is 4.90 Å². The summed E-state index contributed by atoms with van der Waals surface area (Å²) in [6.45, 7) is 5.35. The average molecular weight is 265 g/mol. The van der Waals surface area contributed by atoms with Crippen LogP contribution in [-0.2, 0) is 14.6 Å². The standard InChI is InChI=1S/C11H23NO4S/c1-4-7-12(8-5-2)10(11(13)14)6-9-17(3,15)16/h10H,4-9H2,1-3H3,(H,13,14). The molecule has 0 saturated carbocycles. The van der Waals surface area contributed by atoms with Gasteiger partial charge in [0.05, 0.1) is 5.75 Å². The molecule has 5 nitrogen and oxygen atoms in total. The van der Waals surface area contributed by atoms with Crippen LogP contribution in [-0.4, -0.2) is 55.5 Å². The Morgan fingerprint density at radius 2 is 1.71 bits per heavy atom. The maximum absolute atomic E-state index is 11.2. The van der Waals surface area contributed by atoms with Gasteiger partial charge in [0.1, 0.15) is 15.9 Å².